The predicted octanol–water partition coefficient (Wildman–Crippen LogP) is 2.83. The number of carbonyl (C=O) groups excluding carboxylic acids is 3. The van der Waals surface area contributed by atoms with Crippen molar-refractivity contribution in [3.8, 4) is 0 Å². The van der Waals surface area contributed by atoms with Crippen molar-refractivity contribution in [3.05, 3.63) is 11.6 Å². The van der Waals surface area contributed by atoms with Crippen molar-refractivity contribution < 1.29 is 33.7 Å². The Kier molecular flexibility index (Phi) is 4.12. The first kappa shape index (κ1) is 20.7. The van der Waals surface area contributed by atoms with Crippen molar-refractivity contribution in [3.63, 3.8) is 0 Å². The first-order valence-electron chi connectivity index (χ1n) is 12.1. The highest BCUT2D eigenvalue weighted by Crippen LogP contribution is 2.75. The molecule has 174 valence electrons. The SMILES string of the molecule is CC(=O)O[C@@H]1CC[C@]23C(=O)O[C@]4(CC[C@@]2(O)C1)[C@H]3CC[C@]1(C)[C@H](C2=CC(=O)OC2)CC[C@@H]14. The Balaban J connectivity index is 1.35. The largest absolute Gasteiger partial charge is 0.462 e. The summed E-state index contributed by atoms with van der Waals surface area (Å²) in [4.78, 5) is 36.9. The van der Waals surface area contributed by atoms with Crippen LogP contribution in [0.4, 0.5) is 0 Å². The number of ether oxygens (including phenoxy) is 3. The summed E-state index contributed by atoms with van der Waals surface area (Å²) in [5.41, 5.74) is -1.58. The summed E-state index contributed by atoms with van der Waals surface area (Å²) in [6.07, 6.45) is 7.58. The molecule has 0 radical (unpaired) electrons. The van der Waals surface area contributed by atoms with E-state index in [-0.39, 0.29) is 47.2 Å². The zero-order valence-electron chi connectivity index (χ0n) is 18.9. The van der Waals surface area contributed by atoms with Crippen LogP contribution in [0.2, 0.25) is 0 Å². The lowest BCUT2D eigenvalue weighted by atomic mass is 9.42. The van der Waals surface area contributed by atoms with Gasteiger partial charge in [0, 0.05) is 31.3 Å². The lowest BCUT2D eigenvalue weighted by molar-refractivity contribution is -0.218. The molecule has 8 atom stereocenters. The van der Waals surface area contributed by atoms with Gasteiger partial charge in [-0.25, -0.2) is 4.79 Å². The summed E-state index contributed by atoms with van der Waals surface area (Å²) in [7, 11) is 0. The van der Waals surface area contributed by atoms with Crippen LogP contribution >= 0.6 is 0 Å². The minimum atomic E-state index is -1.19. The molecule has 1 N–H and O–H groups in total. The van der Waals surface area contributed by atoms with Gasteiger partial charge in [-0.1, -0.05) is 6.92 Å². The number of fused-ring (bicyclic) bond motifs is 1. The fourth-order valence-electron chi connectivity index (χ4n) is 9.27. The molecule has 7 nitrogen and oxygen atoms in total. The van der Waals surface area contributed by atoms with Crippen LogP contribution in [0.25, 0.3) is 0 Å². The van der Waals surface area contributed by atoms with E-state index >= 15 is 0 Å². The highest BCUT2D eigenvalue weighted by atomic mass is 16.6. The van der Waals surface area contributed by atoms with E-state index in [0.29, 0.717) is 38.7 Å². The normalized spacial score (nSPS) is 51.2. The van der Waals surface area contributed by atoms with Crippen LogP contribution in [0, 0.1) is 28.6 Å². The molecule has 2 heterocycles. The molecule has 6 aliphatic rings. The molecular weight excluding hydrogens is 412 g/mol. The third kappa shape index (κ3) is 2.33. The second kappa shape index (κ2) is 6.37. The Hall–Kier alpha value is -1.89. The summed E-state index contributed by atoms with van der Waals surface area (Å²) < 4.78 is 17.1. The summed E-state index contributed by atoms with van der Waals surface area (Å²) in [6, 6.07) is 0. The summed E-state index contributed by atoms with van der Waals surface area (Å²) in [5, 5.41) is 11.9. The van der Waals surface area contributed by atoms with E-state index in [1.807, 2.05) is 0 Å². The molecule has 2 bridgehead atoms. The van der Waals surface area contributed by atoms with Gasteiger partial charge in [-0.2, -0.15) is 0 Å². The molecule has 6 rings (SSSR count). The van der Waals surface area contributed by atoms with Gasteiger partial charge in [-0.3, -0.25) is 9.59 Å². The monoisotopic (exact) mass is 444 g/mol. The molecule has 1 saturated heterocycles. The zero-order valence-corrected chi connectivity index (χ0v) is 18.9. The van der Waals surface area contributed by atoms with E-state index in [1.165, 1.54) is 6.92 Å². The van der Waals surface area contributed by atoms with Crippen molar-refractivity contribution in [2.75, 3.05) is 6.61 Å². The lowest BCUT2D eigenvalue weighted by Gasteiger charge is -2.61. The van der Waals surface area contributed by atoms with Crippen LogP contribution in [0.15, 0.2) is 11.6 Å². The number of hydrogen-bond acceptors (Lipinski definition) is 7. The number of aliphatic hydroxyl groups is 1. The van der Waals surface area contributed by atoms with Crippen LogP contribution in [0.1, 0.15) is 71.6 Å². The molecule has 7 heteroatoms. The quantitative estimate of drug-likeness (QED) is 0.516. The van der Waals surface area contributed by atoms with Crippen LogP contribution < -0.4 is 0 Å². The number of hydrogen-bond donors (Lipinski definition) is 1. The molecule has 0 aromatic rings. The van der Waals surface area contributed by atoms with Crippen molar-refractivity contribution in [1.29, 1.82) is 0 Å². The van der Waals surface area contributed by atoms with Gasteiger partial charge in [-0.15, -0.1) is 0 Å². The van der Waals surface area contributed by atoms with E-state index in [0.717, 1.165) is 31.3 Å². The molecule has 1 spiro atoms. The Morgan fingerprint density at radius 2 is 1.91 bits per heavy atom. The molecular formula is C25H32O7. The van der Waals surface area contributed by atoms with Gasteiger partial charge in [0.25, 0.3) is 0 Å². The third-order valence-corrected chi connectivity index (χ3v) is 10.4. The predicted molar refractivity (Wildman–Crippen MR) is 111 cm³/mol. The second-order valence-electron chi connectivity index (χ2n) is 11.4. The lowest BCUT2D eigenvalue weighted by Crippen LogP contribution is -2.67. The maximum Gasteiger partial charge on any atom is 0.331 e. The molecule has 0 aromatic heterocycles. The Bertz CT molecular complexity index is 941. The Morgan fingerprint density at radius 1 is 1.09 bits per heavy atom. The third-order valence-electron chi connectivity index (χ3n) is 10.4. The maximum absolute atomic E-state index is 13.6. The van der Waals surface area contributed by atoms with Gasteiger partial charge >= 0.3 is 17.9 Å². The van der Waals surface area contributed by atoms with Crippen molar-refractivity contribution in [1.82, 2.24) is 0 Å². The van der Waals surface area contributed by atoms with Crippen LogP contribution in [-0.2, 0) is 28.6 Å². The van der Waals surface area contributed by atoms with Gasteiger partial charge in [0.05, 0.1) is 5.60 Å². The zero-order chi connectivity index (χ0) is 22.5. The first-order chi connectivity index (χ1) is 15.1. The van der Waals surface area contributed by atoms with E-state index in [2.05, 4.69) is 6.92 Å². The Morgan fingerprint density at radius 3 is 2.62 bits per heavy atom. The molecule has 4 saturated carbocycles. The molecule has 5 fully saturated rings. The molecule has 4 aliphatic carbocycles. The molecule has 0 unspecified atom stereocenters. The topological polar surface area (TPSA) is 99.1 Å². The number of cyclic esters (lactones) is 1. The van der Waals surface area contributed by atoms with Gasteiger partial charge in [0.15, 0.2) is 0 Å². The van der Waals surface area contributed by atoms with E-state index in [9.17, 15) is 19.5 Å². The minimum absolute atomic E-state index is 0.00760. The van der Waals surface area contributed by atoms with Crippen molar-refractivity contribution in [2.24, 2.45) is 28.6 Å². The molecule has 2 aliphatic heterocycles. The van der Waals surface area contributed by atoms with Gasteiger partial charge < -0.3 is 19.3 Å². The minimum Gasteiger partial charge on any atom is -0.462 e. The summed E-state index contributed by atoms with van der Waals surface area (Å²) >= 11 is 0. The van der Waals surface area contributed by atoms with E-state index in [1.54, 1.807) is 6.08 Å². The highest BCUT2D eigenvalue weighted by Gasteiger charge is 2.80. The van der Waals surface area contributed by atoms with E-state index in [4.69, 9.17) is 14.2 Å². The number of esters is 3. The molecule has 32 heavy (non-hydrogen) atoms. The van der Waals surface area contributed by atoms with Crippen molar-refractivity contribution in [2.45, 2.75) is 88.9 Å². The number of carbonyl (C=O) groups is 3. The fraction of sp³-hybridized carbons (Fsp3) is 0.800. The smallest absolute Gasteiger partial charge is 0.331 e. The average molecular weight is 445 g/mol. The second-order valence-corrected chi connectivity index (χ2v) is 11.4. The summed E-state index contributed by atoms with van der Waals surface area (Å²) in [5.74, 6) is -0.360. The molecule has 0 amide bonds. The van der Waals surface area contributed by atoms with Gasteiger partial charge in [-0.05, 0) is 68.3 Å². The molecule has 0 aromatic carbocycles. The van der Waals surface area contributed by atoms with Crippen LogP contribution in [0.3, 0.4) is 0 Å². The van der Waals surface area contributed by atoms with E-state index < -0.39 is 16.6 Å². The standard InChI is InChI=1S/C25H32O7/c1-14(26)31-16-5-8-24-19-6-7-22(2)17(15-11-20(27)30-13-15)3-4-18(22)25(19,32-21(24)28)10-9-23(24,29)12-16/h11,16-19,29H,3-10,12-13H2,1-2H3/t16-,17+,18+,19+,22-,23-,24+,25+/m1/s1. The maximum atomic E-state index is 13.6. The first-order valence-corrected chi connectivity index (χ1v) is 12.1. The van der Waals surface area contributed by atoms with Gasteiger partial charge in [0.1, 0.15) is 23.7 Å². The number of rotatable bonds is 2. The Labute approximate surface area is 187 Å². The average Bonchev–Trinajstić information content (AvgIpc) is 3.34. The highest BCUT2D eigenvalue weighted by molar-refractivity contribution is 5.85. The van der Waals surface area contributed by atoms with Crippen LogP contribution in [0.5, 0.6) is 0 Å². The summed E-state index contributed by atoms with van der Waals surface area (Å²) in [6.45, 7) is 4.07. The van der Waals surface area contributed by atoms with Crippen molar-refractivity contribution >= 4 is 17.9 Å². The van der Waals surface area contributed by atoms with Gasteiger partial charge in [0.2, 0.25) is 0 Å². The fourth-order valence-corrected chi connectivity index (χ4v) is 9.27. The van der Waals surface area contributed by atoms with Crippen LogP contribution in [-0.4, -0.2) is 46.9 Å².